The number of carbonyl (C=O) groups is 2. The van der Waals surface area contributed by atoms with Crippen LogP contribution in [0.1, 0.15) is 54.1 Å². The summed E-state index contributed by atoms with van der Waals surface area (Å²) < 4.78 is 0. The van der Waals surface area contributed by atoms with Gasteiger partial charge >= 0.3 is 0 Å². The molecular formula is C24H33N3O2. The van der Waals surface area contributed by atoms with Crippen LogP contribution in [-0.2, 0) is 0 Å². The van der Waals surface area contributed by atoms with E-state index in [1.54, 1.807) is 0 Å². The highest BCUT2D eigenvalue weighted by molar-refractivity contribution is 5.96. The first-order valence-corrected chi connectivity index (χ1v) is 10.1. The minimum absolute atomic E-state index is 0.0501. The maximum atomic E-state index is 12.4. The van der Waals surface area contributed by atoms with Crippen molar-refractivity contribution >= 4 is 11.8 Å². The van der Waals surface area contributed by atoms with Gasteiger partial charge in [-0.1, -0.05) is 12.1 Å². The Kier molecular flexibility index (Phi) is 7.97. The van der Waals surface area contributed by atoms with Gasteiger partial charge in [0, 0.05) is 37.3 Å². The van der Waals surface area contributed by atoms with Gasteiger partial charge in [-0.2, -0.15) is 0 Å². The lowest BCUT2D eigenvalue weighted by molar-refractivity contribution is 0.0947. The molecule has 2 rings (SSSR count). The van der Waals surface area contributed by atoms with Gasteiger partial charge in [0.25, 0.3) is 11.8 Å². The molecule has 0 radical (unpaired) electrons. The fraction of sp³-hybridized carbons (Fsp3) is 0.417. The fourth-order valence-electron chi connectivity index (χ4n) is 3.25. The Morgan fingerprint density at radius 1 is 0.586 bits per heavy atom. The predicted octanol–water partition coefficient (Wildman–Crippen LogP) is 3.29. The van der Waals surface area contributed by atoms with E-state index in [1.165, 1.54) is 11.1 Å². The van der Waals surface area contributed by atoms with Crippen molar-refractivity contribution in [2.75, 3.05) is 26.2 Å². The van der Waals surface area contributed by atoms with E-state index < -0.39 is 0 Å². The molecule has 2 aromatic rings. The number of rotatable bonds is 8. The Bertz CT molecular complexity index is 830. The molecule has 0 saturated carbocycles. The molecule has 2 amide bonds. The van der Waals surface area contributed by atoms with Crippen LogP contribution in [-0.4, -0.2) is 38.0 Å². The van der Waals surface area contributed by atoms with Crippen LogP contribution in [0.2, 0.25) is 0 Å². The molecule has 2 aromatic carbocycles. The number of aryl methyl sites for hydroxylation is 2. The van der Waals surface area contributed by atoms with E-state index in [1.807, 2.05) is 65.8 Å². The van der Waals surface area contributed by atoms with Crippen LogP contribution in [0.15, 0.2) is 24.3 Å². The monoisotopic (exact) mass is 395 g/mol. The normalized spacial score (nSPS) is 10.7. The molecule has 0 aliphatic carbocycles. The third kappa shape index (κ3) is 5.67. The van der Waals surface area contributed by atoms with Crippen LogP contribution in [0.3, 0.4) is 0 Å². The van der Waals surface area contributed by atoms with Crippen LogP contribution in [0.25, 0.3) is 0 Å². The van der Waals surface area contributed by atoms with E-state index in [9.17, 15) is 9.59 Å². The molecule has 29 heavy (non-hydrogen) atoms. The number of benzene rings is 2. The Morgan fingerprint density at radius 3 is 1.34 bits per heavy atom. The van der Waals surface area contributed by atoms with Crippen molar-refractivity contribution in [3.05, 3.63) is 68.8 Å². The zero-order valence-corrected chi connectivity index (χ0v) is 18.5. The third-order valence-electron chi connectivity index (χ3n) is 5.78. The molecule has 5 nitrogen and oxygen atoms in total. The first kappa shape index (κ1) is 22.6. The van der Waals surface area contributed by atoms with E-state index in [0.717, 1.165) is 33.4 Å². The molecule has 0 spiro atoms. The highest BCUT2D eigenvalue weighted by Gasteiger charge is 2.12. The van der Waals surface area contributed by atoms with Crippen molar-refractivity contribution < 1.29 is 9.59 Å². The molecule has 0 heterocycles. The smallest absolute Gasteiger partial charge is 0.251 e. The molecule has 0 aromatic heterocycles. The highest BCUT2D eigenvalue weighted by Crippen LogP contribution is 2.17. The lowest BCUT2D eigenvalue weighted by Crippen LogP contribution is -2.36. The molecule has 0 aliphatic heterocycles. The Hall–Kier alpha value is -2.66. The number of nitrogens with one attached hydrogen (secondary N) is 3. The molecule has 0 bridgehead atoms. The molecule has 0 saturated heterocycles. The first-order chi connectivity index (χ1) is 13.7. The Labute approximate surface area is 174 Å². The topological polar surface area (TPSA) is 70.2 Å². The number of carbonyl (C=O) groups excluding carboxylic acids is 2. The summed E-state index contributed by atoms with van der Waals surface area (Å²) in [4.78, 5) is 24.7. The van der Waals surface area contributed by atoms with Gasteiger partial charge in [-0.05, 0) is 87.1 Å². The summed E-state index contributed by atoms with van der Waals surface area (Å²) >= 11 is 0. The van der Waals surface area contributed by atoms with Crippen molar-refractivity contribution in [3.63, 3.8) is 0 Å². The van der Waals surface area contributed by atoms with Gasteiger partial charge in [0.05, 0.1) is 0 Å². The van der Waals surface area contributed by atoms with Crippen molar-refractivity contribution in [1.82, 2.24) is 16.0 Å². The summed E-state index contributed by atoms with van der Waals surface area (Å²) in [6.07, 6.45) is 0. The molecule has 5 heteroatoms. The average Bonchev–Trinajstić information content (AvgIpc) is 2.69. The van der Waals surface area contributed by atoms with Gasteiger partial charge in [0.1, 0.15) is 0 Å². The molecule has 156 valence electrons. The standard InChI is InChI=1S/C24H33N3O2/c1-15-7-9-21(19(5)17(15)3)23(28)26-13-11-25-12-14-27-24(29)22-10-8-16(2)18(4)20(22)6/h7-10,25H,11-14H2,1-6H3,(H,26,28)(H,27,29). The second-order valence-electron chi connectivity index (χ2n) is 7.62. The van der Waals surface area contributed by atoms with Crippen LogP contribution in [0.4, 0.5) is 0 Å². The maximum Gasteiger partial charge on any atom is 0.251 e. The molecule has 3 N–H and O–H groups in total. The summed E-state index contributed by atoms with van der Waals surface area (Å²) in [5, 5.41) is 9.12. The second kappa shape index (κ2) is 10.2. The molecule has 0 atom stereocenters. The lowest BCUT2D eigenvalue weighted by Gasteiger charge is -2.13. The molecule has 0 unspecified atom stereocenters. The van der Waals surface area contributed by atoms with E-state index in [4.69, 9.17) is 0 Å². The SMILES string of the molecule is Cc1ccc(C(=O)NCCNCCNC(=O)c2ccc(C)c(C)c2C)c(C)c1C. The van der Waals surface area contributed by atoms with E-state index in [2.05, 4.69) is 16.0 Å². The summed E-state index contributed by atoms with van der Waals surface area (Å²) in [6, 6.07) is 7.72. The van der Waals surface area contributed by atoms with Crippen molar-refractivity contribution in [3.8, 4) is 0 Å². The molecule has 0 fully saturated rings. The number of hydrogen-bond acceptors (Lipinski definition) is 3. The molecule has 0 aliphatic rings. The summed E-state index contributed by atoms with van der Waals surface area (Å²) in [7, 11) is 0. The summed E-state index contributed by atoms with van der Waals surface area (Å²) in [5.41, 5.74) is 8.21. The Balaban J connectivity index is 1.69. The molecular weight excluding hydrogens is 362 g/mol. The van der Waals surface area contributed by atoms with E-state index in [-0.39, 0.29) is 11.8 Å². The van der Waals surface area contributed by atoms with Crippen LogP contribution in [0.5, 0.6) is 0 Å². The fourth-order valence-corrected chi connectivity index (χ4v) is 3.25. The highest BCUT2D eigenvalue weighted by atomic mass is 16.2. The average molecular weight is 396 g/mol. The van der Waals surface area contributed by atoms with E-state index in [0.29, 0.717) is 26.2 Å². The first-order valence-electron chi connectivity index (χ1n) is 10.1. The van der Waals surface area contributed by atoms with Crippen molar-refractivity contribution in [2.24, 2.45) is 0 Å². The van der Waals surface area contributed by atoms with Gasteiger partial charge < -0.3 is 16.0 Å². The summed E-state index contributed by atoms with van der Waals surface area (Å²) in [6.45, 7) is 14.5. The van der Waals surface area contributed by atoms with Gasteiger partial charge in [-0.3, -0.25) is 9.59 Å². The van der Waals surface area contributed by atoms with Gasteiger partial charge in [0.15, 0.2) is 0 Å². The van der Waals surface area contributed by atoms with Crippen LogP contribution in [0, 0.1) is 41.5 Å². The maximum absolute atomic E-state index is 12.4. The number of amides is 2. The quantitative estimate of drug-likeness (QED) is 0.601. The minimum atomic E-state index is -0.0501. The lowest BCUT2D eigenvalue weighted by atomic mass is 9.98. The zero-order chi connectivity index (χ0) is 21.6. The van der Waals surface area contributed by atoms with Crippen molar-refractivity contribution in [1.29, 1.82) is 0 Å². The van der Waals surface area contributed by atoms with Crippen LogP contribution >= 0.6 is 0 Å². The van der Waals surface area contributed by atoms with Gasteiger partial charge in [-0.25, -0.2) is 0 Å². The van der Waals surface area contributed by atoms with Gasteiger partial charge in [0.2, 0.25) is 0 Å². The predicted molar refractivity (Wildman–Crippen MR) is 119 cm³/mol. The Morgan fingerprint density at radius 2 is 0.966 bits per heavy atom. The van der Waals surface area contributed by atoms with E-state index >= 15 is 0 Å². The zero-order valence-electron chi connectivity index (χ0n) is 18.5. The number of hydrogen-bond donors (Lipinski definition) is 3. The summed E-state index contributed by atoms with van der Waals surface area (Å²) in [5.74, 6) is -0.100. The van der Waals surface area contributed by atoms with Gasteiger partial charge in [-0.15, -0.1) is 0 Å². The van der Waals surface area contributed by atoms with Crippen molar-refractivity contribution in [2.45, 2.75) is 41.5 Å². The second-order valence-corrected chi connectivity index (χ2v) is 7.62. The third-order valence-corrected chi connectivity index (χ3v) is 5.78. The largest absolute Gasteiger partial charge is 0.351 e. The van der Waals surface area contributed by atoms with Crippen LogP contribution < -0.4 is 16.0 Å². The minimum Gasteiger partial charge on any atom is -0.351 e.